The van der Waals surface area contributed by atoms with Crippen LogP contribution in [0.4, 0.5) is 4.39 Å². The number of hydrogen-bond acceptors (Lipinski definition) is 2. The van der Waals surface area contributed by atoms with Gasteiger partial charge in [0.25, 0.3) is 0 Å². The summed E-state index contributed by atoms with van der Waals surface area (Å²) in [5, 5.41) is 9.24. The van der Waals surface area contributed by atoms with Crippen LogP contribution in [0.5, 0.6) is 0 Å². The molecule has 2 aromatic rings. The molecule has 0 aliphatic carbocycles. The van der Waals surface area contributed by atoms with E-state index in [2.05, 4.69) is 13.8 Å². The fourth-order valence-corrected chi connectivity index (χ4v) is 2.18. The maximum Gasteiger partial charge on any atom is 0.184 e. The van der Waals surface area contributed by atoms with Gasteiger partial charge in [-0.25, -0.2) is 4.39 Å². The van der Waals surface area contributed by atoms with Gasteiger partial charge in [-0.05, 0) is 17.5 Å². The van der Waals surface area contributed by atoms with Gasteiger partial charge < -0.3 is 0 Å². The zero-order valence-corrected chi connectivity index (χ0v) is 12.0. The molecule has 0 amide bonds. The average Bonchev–Trinajstić information content (AvgIpc) is 2.50. The summed E-state index contributed by atoms with van der Waals surface area (Å²) in [6.45, 7) is 4.13. The topological polar surface area (TPSA) is 40.9 Å². The summed E-state index contributed by atoms with van der Waals surface area (Å²) in [4.78, 5) is 12.4. The quantitative estimate of drug-likeness (QED) is 0.777. The number of rotatable bonds is 4. The van der Waals surface area contributed by atoms with Crippen molar-refractivity contribution < 1.29 is 9.18 Å². The second-order valence-corrected chi connectivity index (χ2v) is 5.22. The fraction of sp³-hybridized carbons (Fsp3) is 0.222. The van der Waals surface area contributed by atoms with Gasteiger partial charge in [-0.15, -0.1) is 0 Å². The van der Waals surface area contributed by atoms with E-state index in [1.807, 2.05) is 18.2 Å². The van der Waals surface area contributed by atoms with Crippen molar-refractivity contribution in [3.05, 3.63) is 71.0 Å². The molecule has 0 radical (unpaired) electrons. The third kappa shape index (κ3) is 3.17. The van der Waals surface area contributed by atoms with E-state index in [4.69, 9.17) is 0 Å². The standard InChI is InChI=1S/C18H16FNO/c1-12(2)13-7-9-14(10-8-13)18(21)16(11-20)15-5-3-4-6-17(15)19/h3-10,12,16H,1-2H3. The average molecular weight is 281 g/mol. The Labute approximate surface area is 123 Å². The molecule has 0 N–H and O–H groups in total. The van der Waals surface area contributed by atoms with E-state index in [0.717, 1.165) is 5.56 Å². The minimum atomic E-state index is -1.11. The van der Waals surface area contributed by atoms with Crippen molar-refractivity contribution >= 4 is 5.78 Å². The summed E-state index contributed by atoms with van der Waals surface area (Å²) >= 11 is 0. The second kappa shape index (κ2) is 6.32. The lowest BCUT2D eigenvalue weighted by Crippen LogP contribution is -2.12. The first-order valence-electron chi connectivity index (χ1n) is 6.82. The van der Waals surface area contributed by atoms with Crippen LogP contribution >= 0.6 is 0 Å². The highest BCUT2D eigenvalue weighted by Gasteiger charge is 2.24. The second-order valence-electron chi connectivity index (χ2n) is 5.22. The normalized spacial score (nSPS) is 12.0. The minimum absolute atomic E-state index is 0.123. The number of hydrogen-bond donors (Lipinski definition) is 0. The Hall–Kier alpha value is -2.47. The summed E-state index contributed by atoms with van der Waals surface area (Å²) in [6, 6.07) is 14.9. The van der Waals surface area contributed by atoms with E-state index >= 15 is 0 Å². The monoisotopic (exact) mass is 281 g/mol. The highest BCUT2D eigenvalue weighted by molar-refractivity contribution is 6.02. The summed E-state index contributed by atoms with van der Waals surface area (Å²) in [7, 11) is 0. The molecule has 0 aliphatic rings. The van der Waals surface area contributed by atoms with E-state index in [1.165, 1.54) is 18.2 Å². The molecule has 0 heterocycles. The van der Waals surface area contributed by atoms with E-state index in [-0.39, 0.29) is 11.3 Å². The Kier molecular flexibility index (Phi) is 4.49. The number of Topliss-reactive ketones (excluding diaryl/α,β-unsaturated/α-hetero) is 1. The molecule has 2 rings (SSSR count). The van der Waals surface area contributed by atoms with Gasteiger partial charge in [-0.2, -0.15) is 5.26 Å². The molecule has 2 aromatic carbocycles. The Balaban J connectivity index is 2.33. The van der Waals surface area contributed by atoms with Gasteiger partial charge in [0.05, 0.1) is 6.07 Å². The Bertz CT molecular complexity index is 683. The van der Waals surface area contributed by atoms with Crippen LogP contribution in [0.2, 0.25) is 0 Å². The molecule has 0 fully saturated rings. The zero-order chi connectivity index (χ0) is 15.4. The van der Waals surface area contributed by atoms with Crippen molar-refractivity contribution in [2.75, 3.05) is 0 Å². The van der Waals surface area contributed by atoms with Crippen LogP contribution in [0.15, 0.2) is 48.5 Å². The number of carbonyl (C=O) groups excluding carboxylic acids is 1. The van der Waals surface area contributed by atoms with Crippen molar-refractivity contribution in [3.8, 4) is 6.07 Å². The van der Waals surface area contributed by atoms with E-state index in [1.54, 1.807) is 18.2 Å². The molecule has 106 valence electrons. The smallest absolute Gasteiger partial charge is 0.184 e. The number of nitrogens with zero attached hydrogens (tertiary/aromatic N) is 1. The van der Waals surface area contributed by atoms with Crippen LogP contribution < -0.4 is 0 Å². The van der Waals surface area contributed by atoms with Gasteiger partial charge in [-0.3, -0.25) is 4.79 Å². The first-order valence-corrected chi connectivity index (χ1v) is 6.82. The molecule has 0 spiro atoms. The van der Waals surface area contributed by atoms with Crippen molar-refractivity contribution in [1.82, 2.24) is 0 Å². The number of benzene rings is 2. The third-order valence-corrected chi connectivity index (χ3v) is 3.47. The molecule has 0 saturated carbocycles. The Morgan fingerprint density at radius 2 is 1.71 bits per heavy atom. The zero-order valence-electron chi connectivity index (χ0n) is 12.0. The Morgan fingerprint density at radius 3 is 2.24 bits per heavy atom. The molecule has 1 atom stereocenters. The molecular formula is C18H16FNO. The lowest BCUT2D eigenvalue weighted by atomic mass is 9.90. The van der Waals surface area contributed by atoms with Gasteiger partial charge in [0.15, 0.2) is 5.78 Å². The third-order valence-electron chi connectivity index (χ3n) is 3.47. The van der Waals surface area contributed by atoms with Gasteiger partial charge in [0.1, 0.15) is 11.7 Å². The number of halogens is 1. The van der Waals surface area contributed by atoms with Crippen molar-refractivity contribution in [2.24, 2.45) is 0 Å². The summed E-state index contributed by atoms with van der Waals surface area (Å²) in [6.07, 6.45) is 0. The molecular weight excluding hydrogens is 265 g/mol. The van der Waals surface area contributed by atoms with Crippen LogP contribution in [0, 0.1) is 17.1 Å². The molecule has 21 heavy (non-hydrogen) atoms. The van der Waals surface area contributed by atoms with Crippen molar-refractivity contribution in [2.45, 2.75) is 25.7 Å². The van der Waals surface area contributed by atoms with Crippen molar-refractivity contribution in [3.63, 3.8) is 0 Å². The molecule has 2 nitrogen and oxygen atoms in total. The van der Waals surface area contributed by atoms with Crippen molar-refractivity contribution in [1.29, 1.82) is 5.26 Å². The van der Waals surface area contributed by atoms with E-state index in [9.17, 15) is 14.4 Å². The van der Waals surface area contributed by atoms with Crippen LogP contribution in [-0.4, -0.2) is 5.78 Å². The van der Waals surface area contributed by atoms with E-state index < -0.39 is 11.7 Å². The van der Waals surface area contributed by atoms with Gasteiger partial charge in [-0.1, -0.05) is 56.3 Å². The van der Waals surface area contributed by atoms with Crippen LogP contribution in [0.25, 0.3) is 0 Å². The summed E-state index contributed by atoms with van der Waals surface area (Å²) in [5.41, 5.74) is 1.66. The SMILES string of the molecule is CC(C)c1ccc(C(=O)C(C#N)c2ccccc2F)cc1. The molecule has 0 aromatic heterocycles. The van der Waals surface area contributed by atoms with Crippen LogP contribution in [0.3, 0.4) is 0 Å². The molecule has 1 unspecified atom stereocenters. The van der Waals surface area contributed by atoms with Gasteiger partial charge >= 0.3 is 0 Å². The first kappa shape index (κ1) is 14.9. The van der Waals surface area contributed by atoms with Crippen LogP contribution in [-0.2, 0) is 0 Å². The molecule has 0 saturated heterocycles. The molecule has 0 aliphatic heterocycles. The minimum Gasteiger partial charge on any atom is -0.292 e. The van der Waals surface area contributed by atoms with E-state index in [0.29, 0.717) is 11.5 Å². The Morgan fingerprint density at radius 1 is 1.10 bits per heavy atom. The predicted octanol–water partition coefficient (Wildman–Crippen LogP) is 4.44. The summed E-state index contributed by atoms with van der Waals surface area (Å²) in [5.74, 6) is -1.65. The van der Waals surface area contributed by atoms with Gasteiger partial charge in [0.2, 0.25) is 0 Å². The highest BCUT2D eigenvalue weighted by atomic mass is 19.1. The maximum absolute atomic E-state index is 13.8. The maximum atomic E-state index is 13.8. The lowest BCUT2D eigenvalue weighted by Gasteiger charge is -2.11. The highest BCUT2D eigenvalue weighted by Crippen LogP contribution is 2.24. The lowest BCUT2D eigenvalue weighted by molar-refractivity contribution is 0.0977. The number of ketones is 1. The van der Waals surface area contributed by atoms with Gasteiger partial charge in [0, 0.05) is 11.1 Å². The summed E-state index contributed by atoms with van der Waals surface area (Å²) < 4.78 is 13.8. The number of carbonyl (C=O) groups is 1. The number of nitriles is 1. The van der Waals surface area contributed by atoms with Crippen LogP contribution in [0.1, 0.15) is 47.2 Å². The molecule has 0 bridgehead atoms. The first-order chi connectivity index (χ1) is 10.0. The molecule has 3 heteroatoms. The predicted molar refractivity (Wildman–Crippen MR) is 79.6 cm³/mol. The largest absolute Gasteiger partial charge is 0.292 e. The fourth-order valence-electron chi connectivity index (χ4n) is 2.18.